The Morgan fingerprint density at radius 3 is 2.88 bits per heavy atom. The van der Waals surface area contributed by atoms with Crippen LogP contribution in [0.3, 0.4) is 0 Å². The number of hydrogen-bond donors (Lipinski definition) is 3. The molecule has 0 spiro atoms. The monoisotopic (exact) mass is 383 g/mol. The summed E-state index contributed by atoms with van der Waals surface area (Å²) < 4.78 is 5.29. The summed E-state index contributed by atoms with van der Waals surface area (Å²) in [5, 5.41) is 12.0. The highest BCUT2D eigenvalue weighted by Gasteiger charge is 2.20. The second kappa shape index (κ2) is 8.72. The van der Waals surface area contributed by atoms with Crippen molar-refractivity contribution in [2.24, 2.45) is 0 Å². The van der Waals surface area contributed by atoms with Gasteiger partial charge in [-0.05, 0) is 32.0 Å². The maximum Gasteiger partial charge on any atom is 0.321 e. The maximum atomic E-state index is 12.0. The van der Waals surface area contributed by atoms with Crippen LogP contribution in [0.15, 0.2) is 23.4 Å². The van der Waals surface area contributed by atoms with E-state index in [1.165, 1.54) is 0 Å². The number of amides is 3. The highest BCUT2D eigenvalue weighted by Crippen LogP contribution is 2.31. The van der Waals surface area contributed by atoms with E-state index >= 15 is 0 Å². The number of nitrogens with one attached hydrogen (secondary N) is 3. The third-order valence-corrected chi connectivity index (χ3v) is 4.30. The fraction of sp³-hybridized carbons (Fsp3) is 0.333. The molecule has 0 aliphatic carbocycles. The summed E-state index contributed by atoms with van der Waals surface area (Å²) >= 11 is 7.14. The molecule has 2 rings (SSSR count). The Balaban J connectivity index is 2.08. The lowest BCUT2D eigenvalue weighted by molar-refractivity contribution is -0.119. The quantitative estimate of drug-likeness (QED) is 0.661. The van der Waals surface area contributed by atoms with Crippen LogP contribution in [-0.2, 0) is 4.79 Å². The van der Waals surface area contributed by atoms with Crippen molar-refractivity contribution >= 4 is 35.3 Å². The molecule has 1 atom stereocenters. The van der Waals surface area contributed by atoms with Gasteiger partial charge in [0.1, 0.15) is 5.75 Å². The number of thioether (sulfide) groups is 1. The highest BCUT2D eigenvalue weighted by atomic mass is 35.5. The smallest absolute Gasteiger partial charge is 0.321 e. The van der Waals surface area contributed by atoms with E-state index in [1.54, 1.807) is 39.2 Å². The van der Waals surface area contributed by atoms with E-state index in [-0.39, 0.29) is 0 Å². The topological polar surface area (TPSA) is 109 Å². The minimum atomic E-state index is -0.549. The summed E-state index contributed by atoms with van der Waals surface area (Å²) in [5.74, 6) is 0.639. The van der Waals surface area contributed by atoms with Crippen LogP contribution in [-0.4, -0.2) is 46.0 Å². The van der Waals surface area contributed by atoms with Gasteiger partial charge >= 0.3 is 6.03 Å². The number of ether oxygens (including phenoxy) is 1. The normalized spacial score (nSPS) is 11.7. The lowest BCUT2D eigenvalue weighted by Crippen LogP contribution is -2.42. The Morgan fingerprint density at radius 1 is 1.44 bits per heavy atom. The predicted octanol–water partition coefficient (Wildman–Crippen LogP) is 2.46. The molecule has 10 heteroatoms. The molecule has 1 aromatic carbocycles. The van der Waals surface area contributed by atoms with Gasteiger partial charge in [0.2, 0.25) is 11.1 Å². The third kappa shape index (κ3) is 5.10. The van der Waals surface area contributed by atoms with Gasteiger partial charge in [-0.1, -0.05) is 23.4 Å². The van der Waals surface area contributed by atoms with Gasteiger partial charge < -0.3 is 10.1 Å². The van der Waals surface area contributed by atoms with Crippen LogP contribution in [0.2, 0.25) is 5.02 Å². The first-order valence-electron chi connectivity index (χ1n) is 7.46. The summed E-state index contributed by atoms with van der Waals surface area (Å²) in [6.07, 6.45) is 0. The van der Waals surface area contributed by atoms with Gasteiger partial charge in [-0.2, -0.15) is 0 Å². The van der Waals surface area contributed by atoms with Gasteiger partial charge in [0.05, 0.1) is 17.9 Å². The Kier molecular flexibility index (Phi) is 6.65. The maximum absolute atomic E-state index is 12.0. The molecule has 3 amide bonds. The SMILES string of the molecule is CCNC(=O)NC(=O)C(C)Sc1n[nH]c(-c2cc(Cl)ccc2OC)n1. The molecule has 0 aliphatic heterocycles. The van der Waals surface area contributed by atoms with Gasteiger partial charge in [0.15, 0.2) is 5.82 Å². The number of carbonyl (C=O) groups is 2. The lowest BCUT2D eigenvalue weighted by atomic mass is 10.2. The number of imide groups is 1. The summed E-state index contributed by atoms with van der Waals surface area (Å²) in [6.45, 7) is 3.86. The second-order valence-electron chi connectivity index (χ2n) is 4.92. The second-order valence-corrected chi connectivity index (χ2v) is 6.66. The Bertz CT molecular complexity index is 767. The van der Waals surface area contributed by atoms with E-state index in [2.05, 4.69) is 25.8 Å². The molecule has 0 saturated heterocycles. The first-order chi connectivity index (χ1) is 11.9. The molecule has 0 aliphatic rings. The fourth-order valence-electron chi connectivity index (χ4n) is 1.91. The van der Waals surface area contributed by atoms with E-state index < -0.39 is 17.2 Å². The average molecular weight is 384 g/mol. The number of halogens is 1. The standard InChI is InChI=1S/C15H18ClN5O3S/c1-4-17-14(23)19-13(22)8(2)25-15-18-12(20-21-15)10-7-9(16)5-6-11(10)24-3/h5-8H,4H2,1-3H3,(H,18,20,21)(H2,17,19,22,23). The average Bonchev–Trinajstić information content (AvgIpc) is 3.03. The van der Waals surface area contributed by atoms with E-state index in [0.717, 1.165) is 11.8 Å². The van der Waals surface area contributed by atoms with Crippen LogP contribution in [0.5, 0.6) is 5.75 Å². The lowest BCUT2D eigenvalue weighted by Gasteiger charge is -2.09. The number of H-pyrrole nitrogens is 1. The summed E-state index contributed by atoms with van der Waals surface area (Å²) in [4.78, 5) is 27.7. The number of nitrogens with zero attached hydrogens (tertiary/aromatic N) is 2. The molecular formula is C15H18ClN5O3S. The molecule has 25 heavy (non-hydrogen) atoms. The zero-order valence-corrected chi connectivity index (χ0v) is 15.5. The molecule has 0 fully saturated rings. The zero-order valence-electron chi connectivity index (χ0n) is 13.9. The highest BCUT2D eigenvalue weighted by molar-refractivity contribution is 8.00. The van der Waals surface area contributed by atoms with Crippen LogP contribution in [0.1, 0.15) is 13.8 Å². The molecule has 1 aromatic heterocycles. The largest absolute Gasteiger partial charge is 0.496 e. The van der Waals surface area contributed by atoms with Crippen molar-refractivity contribution in [3.05, 3.63) is 23.2 Å². The zero-order chi connectivity index (χ0) is 18.4. The van der Waals surface area contributed by atoms with Crippen molar-refractivity contribution in [3.8, 4) is 17.1 Å². The molecule has 2 aromatic rings. The number of rotatable bonds is 6. The van der Waals surface area contributed by atoms with Gasteiger partial charge in [-0.25, -0.2) is 9.78 Å². The van der Waals surface area contributed by atoms with E-state index in [1.807, 2.05) is 0 Å². The molecule has 1 unspecified atom stereocenters. The van der Waals surface area contributed by atoms with Crippen molar-refractivity contribution in [3.63, 3.8) is 0 Å². The Labute approximate surface area is 154 Å². The van der Waals surface area contributed by atoms with E-state index in [4.69, 9.17) is 16.3 Å². The molecular weight excluding hydrogens is 366 g/mol. The number of urea groups is 1. The first kappa shape index (κ1) is 19.1. The van der Waals surface area contributed by atoms with Crippen LogP contribution in [0.4, 0.5) is 4.79 Å². The molecule has 3 N–H and O–H groups in total. The number of hydrogen-bond acceptors (Lipinski definition) is 6. The predicted molar refractivity (Wildman–Crippen MR) is 95.9 cm³/mol. The van der Waals surface area contributed by atoms with Crippen LogP contribution in [0.25, 0.3) is 11.4 Å². The minimum absolute atomic E-state index is 0.371. The third-order valence-electron chi connectivity index (χ3n) is 3.11. The van der Waals surface area contributed by atoms with Crippen molar-refractivity contribution in [1.29, 1.82) is 0 Å². The van der Waals surface area contributed by atoms with Gasteiger partial charge in [0, 0.05) is 11.6 Å². The summed E-state index contributed by atoms with van der Waals surface area (Å²) in [6, 6.07) is 4.62. The summed E-state index contributed by atoms with van der Waals surface area (Å²) in [7, 11) is 1.55. The molecule has 8 nitrogen and oxygen atoms in total. The van der Waals surface area contributed by atoms with E-state index in [0.29, 0.717) is 33.9 Å². The van der Waals surface area contributed by atoms with Crippen LogP contribution >= 0.6 is 23.4 Å². The van der Waals surface area contributed by atoms with E-state index in [9.17, 15) is 9.59 Å². The Morgan fingerprint density at radius 2 is 2.20 bits per heavy atom. The fourth-order valence-corrected chi connectivity index (χ4v) is 2.81. The number of aromatic nitrogens is 3. The molecule has 1 heterocycles. The van der Waals surface area contributed by atoms with Gasteiger partial charge in [0.25, 0.3) is 0 Å². The van der Waals surface area contributed by atoms with Crippen molar-refractivity contribution in [1.82, 2.24) is 25.8 Å². The first-order valence-corrected chi connectivity index (χ1v) is 8.72. The molecule has 0 saturated carbocycles. The van der Waals surface area contributed by atoms with Crippen LogP contribution in [0, 0.1) is 0 Å². The number of carbonyl (C=O) groups excluding carboxylic acids is 2. The summed E-state index contributed by atoms with van der Waals surface area (Å²) in [5.41, 5.74) is 0.661. The van der Waals surface area contributed by atoms with Gasteiger partial charge in [-0.3, -0.25) is 15.2 Å². The van der Waals surface area contributed by atoms with Gasteiger partial charge in [-0.15, -0.1) is 5.10 Å². The van der Waals surface area contributed by atoms with Crippen molar-refractivity contribution in [2.45, 2.75) is 24.3 Å². The number of aromatic amines is 1. The number of methoxy groups -OCH3 is 1. The molecule has 0 bridgehead atoms. The Hall–Kier alpha value is -2.26. The van der Waals surface area contributed by atoms with Crippen molar-refractivity contribution < 1.29 is 14.3 Å². The molecule has 0 radical (unpaired) electrons. The number of benzene rings is 1. The van der Waals surface area contributed by atoms with Crippen LogP contribution < -0.4 is 15.4 Å². The van der Waals surface area contributed by atoms with Crippen molar-refractivity contribution in [2.75, 3.05) is 13.7 Å². The molecule has 134 valence electrons. The minimum Gasteiger partial charge on any atom is -0.496 e.